The third-order valence-corrected chi connectivity index (χ3v) is 1.03. The zero-order valence-corrected chi connectivity index (χ0v) is 10.7. The summed E-state index contributed by atoms with van der Waals surface area (Å²) in [6, 6.07) is 0. The summed E-state index contributed by atoms with van der Waals surface area (Å²) in [5.74, 6) is -2.57. The molecule has 0 bridgehead atoms. The van der Waals surface area contributed by atoms with Crippen molar-refractivity contribution in [3.63, 3.8) is 0 Å². The van der Waals surface area contributed by atoms with Gasteiger partial charge >= 0.3 is 11.9 Å². The highest BCUT2D eigenvalue weighted by atomic mass is 16.4. The SMILES string of the molecule is C=C.C=C.CC(=O)O.O=C(O)CCCCC(=O)O. The lowest BCUT2D eigenvalue weighted by Crippen LogP contribution is -1.97. The molecule has 0 saturated heterocycles. The molecule has 0 fully saturated rings. The second-order valence-electron chi connectivity index (χ2n) is 2.51. The summed E-state index contributed by atoms with van der Waals surface area (Å²) in [4.78, 5) is 28.8. The van der Waals surface area contributed by atoms with Crippen LogP contribution < -0.4 is 0 Å². The van der Waals surface area contributed by atoms with Gasteiger partial charge in [-0.3, -0.25) is 14.4 Å². The zero-order chi connectivity index (χ0) is 15.6. The number of hydrogen-bond donors (Lipinski definition) is 3. The molecule has 0 saturated carbocycles. The van der Waals surface area contributed by atoms with Gasteiger partial charge in [-0.2, -0.15) is 0 Å². The molecule has 0 aromatic heterocycles. The Kier molecular flexibility index (Phi) is 33.5. The number of aliphatic carboxylic acids is 3. The number of unbranched alkanes of at least 4 members (excludes halogenated alkanes) is 1. The average molecular weight is 262 g/mol. The molecule has 18 heavy (non-hydrogen) atoms. The van der Waals surface area contributed by atoms with E-state index in [0.29, 0.717) is 12.8 Å². The largest absolute Gasteiger partial charge is 0.481 e. The quantitative estimate of drug-likeness (QED) is 0.518. The molecule has 0 radical (unpaired) electrons. The minimum Gasteiger partial charge on any atom is -0.481 e. The van der Waals surface area contributed by atoms with E-state index in [0.717, 1.165) is 6.92 Å². The summed E-state index contributed by atoms with van der Waals surface area (Å²) >= 11 is 0. The Labute approximate surface area is 107 Å². The van der Waals surface area contributed by atoms with Crippen LogP contribution in [0.1, 0.15) is 32.6 Å². The molecule has 0 atom stereocenters. The molecule has 106 valence electrons. The molecule has 0 aliphatic rings. The molecule has 3 N–H and O–H groups in total. The monoisotopic (exact) mass is 262 g/mol. The molecule has 0 unspecified atom stereocenters. The van der Waals surface area contributed by atoms with E-state index in [9.17, 15) is 9.59 Å². The van der Waals surface area contributed by atoms with Crippen LogP contribution in [-0.2, 0) is 14.4 Å². The Morgan fingerprint density at radius 1 is 0.778 bits per heavy atom. The summed E-state index contributed by atoms with van der Waals surface area (Å²) in [6.45, 7) is 13.1. The average Bonchev–Trinajstić information content (AvgIpc) is 2.29. The molecule has 0 aromatic carbocycles. The highest BCUT2D eigenvalue weighted by Crippen LogP contribution is 1.98. The molecule has 6 heteroatoms. The molecule has 0 heterocycles. The van der Waals surface area contributed by atoms with Crippen LogP contribution in [0.3, 0.4) is 0 Å². The predicted octanol–water partition coefficient (Wildman–Crippen LogP) is 2.41. The lowest BCUT2D eigenvalue weighted by Gasteiger charge is -1.92. The Morgan fingerprint density at radius 3 is 1.06 bits per heavy atom. The maximum absolute atomic E-state index is 9.90. The van der Waals surface area contributed by atoms with Gasteiger partial charge in [0.1, 0.15) is 0 Å². The highest BCUT2D eigenvalue weighted by molar-refractivity contribution is 5.67. The molecule has 0 aliphatic carbocycles. The minimum absolute atomic E-state index is 0.0628. The van der Waals surface area contributed by atoms with Gasteiger partial charge in [0.2, 0.25) is 0 Å². The van der Waals surface area contributed by atoms with Crippen LogP contribution in [0, 0.1) is 0 Å². The van der Waals surface area contributed by atoms with Crippen LogP contribution in [0.25, 0.3) is 0 Å². The van der Waals surface area contributed by atoms with Gasteiger partial charge in [0.25, 0.3) is 5.97 Å². The normalized spacial score (nSPS) is 6.94. The summed E-state index contributed by atoms with van der Waals surface area (Å²) < 4.78 is 0. The van der Waals surface area contributed by atoms with Crippen molar-refractivity contribution in [3.8, 4) is 0 Å². The van der Waals surface area contributed by atoms with Gasteiger partial charge in [-0.15, -0.1) is 26.3 Å². The van der Waals surface area contributed by atoms with Gasteiger partial charge in [0.15, 0.2) is 0 Å². The van der Waals surface area contributed by atoms with Crippen molar-refractivity contribution in [1.29, 1.82) is 0 Å². The smallest absolute Gasteiger partial charge is 0.303 e. The Balaban J connectivity index is -0.000000102. The second-order valence-corrected chi connectivity index (χ2v) is 2.51. The van der Waals surface area contributed by atoms with E-state index in [1.807, 2.05) is 0 Å². The van der Waals surface area contributed by atoms with Crippen molar-refractivity contribution in [2.24, 2.45) is 0 Å². The van der Waals surface area contributed by atoms with Gasteiger partial charge in [0.05, 0.1) is 0 Å². The third-order valence-electron chi connectivity index (χ3n) is 1.03. The maximum Gasteiger partial charge on any atom is 0.303 e. The predicted molar refractivity (Wildman–Crippen MR) is 69.6 cm³/mol. The van der Waals surface area contributed by atoms with E-state index >= 15 is 0 Å². The fraction of sp³-hybridized carbons (Fsp3) is 0.417. The van der Waals surface area contributed by atoms with Gasteiger partial charge in [-0.1, -0.05) is 0 Å². The second kappa shape index (κ2) is 24.2. The third kappa shape index (κ3) is 96.5. The summed E-state index contributed by atoms with van der Waals surface area (Å²) in [7, 11) is 0. The number of carboxylic acids is 3. The molecular weight excluding hydrogens is 240 g/mol. The lowest BCUT2D eigenvalue weighted by molar-refractivity contribution is -0.139. The van der Waals surface area contributed by atoms with E-state index < -0.39 is 17.9 Å². The Hall–Kier alpha value is -2.11. The number of carboxylic acid groups (broad SMARTS) is 3. The van der Waals surface area contributed by atoms with Gasteiger partial charge in [-0.05, 0) is 12.8 Å². The van der Waals surface area contributed by atoms with E-state index in [2.05, 4.69) is 26.3 Å². The van der Waals surface area contributed by atoms with Crippen LogP contribution in [0.5, 0.6) is 0 Å². The molecule has 0 amide bonds. The van der Waals surface area contributed by atoms with Crippen molar-refractivity contribution in [1.82, 2.24) is 0 Å². The van der Waals surface area contributed by atoms with E-state index in [1.165, 1.54) is 0 Å². The fourth-order valence-electron chi connectivity index (χ4n) is 0.552. The van der Waals surface area contributed by atoms with Crippen molar-refractivity contribution < 1.29 is 29.7 Å². The number of carbonyl (C=O) groups is 3. The standard InChI is InChI=1S/C6H10O4.C2H4O2.2C2H4/c7-5(8)3-1-2-4-6(9)10;1-2(3)4;2*1-2/h1-4H2,(H,7,8)(H,9,10);1H3,(H,3,4);2*1-2H2. The Morgan fingerprint density at radius 2 is 0.944 bits per heavy atom. The first-order chi connectivity index (χ1) is 8.36. The van der Waals surface area contributed by atoms with E-state index in [1.54, 1.807) is 0 Å². The first-order valence-corrected chi connectivity index (χ1v) is 4.99. The maximum atomic E-state index is 9.90. The number of rotatable bonds is 5. The van der Waals surface area contributed by atoms with Gasteiger partial charge in [0, 0.05) is 19.8 Å². The fourth-order valence-corrected chi connectivity index (χ4v) is 0.552. The van der Waals surface area contributed by atoms with Crippen LogP contribution in [0.2, 0.25) is 0 Å². The van der Waals surface area contributed by atoms with Gasteiger partial charge < -0.3 is 15.3 Å². The molecule has 6 nitrogen and oxygen atoms in total. The topological polar surface area (TPSA) is 112 Å². The van der Waals surface area contributed by atoms with E-state index in [-0.39, 0.29) is 12.8 Å². The van der Waals surface area contributed by atoms with Crippen LogP contribution in [-0.4, -0.2) is 33.2 Å². The van der Waals surface area contributed by atoms with E-state index in [4.69, 9.17) is 20.1 Å². The van der Waals surface area contributed by atoms with Crippen LogP contribution >= 0.6 is 0 Å². The Bertz CT molecular complexity index is 203. The highest BCUT2D eigenvalue weighted by Gasteiger charge is 1.99. The van der Waals surface area contributed by atoms with Crippen molar-refractivity contribution in [3.05, 3.63) is 26.3 Å². The van der Waals surface area contributed by atoms with Crippen molar-refractivity contribution in [2.45, 2.75) is 32.6 Å². The zero-order valence-electron chi connectivity index (χ0n) is 10.7. The molecule has 0 aliphatic heterocycles. The molecular formula is C12H22O6. The van der Waals surface area contributed by atoms with Crippen molar-refractivity contribution in [2.75, 3.05) is 0 Å². The minimum atomic E-state index is -0.870. The molecule has 0 rings (SSSR count). The summed E-state index contributed by atoms with van der Waals surface area (Å²) in [6.07, 6.45) is 1.02. The van der Waals surface area contributed by atoms with Crippen LogP contribution in [0.15, 0.2) is 26.3 Å². The van der Waals surface area contributed by atoms with Crippen LogP contribution in [0.4, 0.5) is 0 Å². The summed E-state index contributed by atoms with van der Waals surface area (Å²) in [5, 5.41) is 23.7. The first-order valence-electron chi connectivity index (χ1n) is 4.99. The molecule has 0 aromatic rings. The molecule has 0 spiro atoms. The lowest BCUT2D eigenvalue weighted by atomic mass is 10.2. The number of hydrogen-bond acceptors (Lipinski definition) is 3. The van der Waals surface area contributed by atoms with Gasteiger partial charge in [-0.25, -0.2) is 0 Å². The first kappa shape index (κ1) is 24.9. The summed E-state index contributed by atoms with van der Waals surface area (Å²) in [5.41, 5.74) is 0. The van der Waals surface area contributed by atoms with Crippen molar-refractivity contribution >= 4 is 17.9 Å².